The van der Waals surface area contributed by atoms with Crippen LogP contribution in [0.15, 0.2) is 10.3 Å². The number of aromatic nitrogens is 3. The van der Waals surface area contributed by atoms with E-state index in [0.29, 0.717) is 6.04 Å². The molecule has 5 heteroatoms. The fraction of sp³-hybridized carbons (Fsp3) is 0.556. The fourth-order valence-corrected chi connectivity index (χ4v) is 2.68. The van der Waals surface area contributed by atoms with E-state index in [0.717, 1.165) is 29.9 Å². The highest BCUT2D eigenvalue weighted by atomic mass is 32.1. The molecule has 1 saturated carbocycles. The Morgan fingerprint density at radius 2 is 2.43 bits per heavy atom. The van der Waals surface area contributed by atoms with E-state index in [9.17, 15) is 4.79 Å². The lowest BCUT2D eigenvalue weighted by Gasteiger charge is -1.96. The molecule has 0 radical (unpaired) electrons. The molecular formula is C9H11N3OS. The van der Waals surface area contributed by atoms with Crippen LogP contribution < -0.4 is 5.69 Å². The summed E-state index contributed by atoms with van der Waals surface area (Å²) >= 11 is 1.55. The molecule has 2 aromatic heterocycles. The molecule has 0 saturated heterocycles. The van der Waals surface area contributed by atoms with Gasteiger partial charge in [-0.15, -0.1) is 11.3 Å². The second kappa shape index (κ2) is 2.70. The van der Waals surface area contributed by atoms with E-state index in [1.54, 1.807) is 11.3 Å². The van der Waals surface area contributed by atoms with Crippen LogP contribution in [0, 0.1) is 0 Å². The Labute approximate surface area is 84.8 Å². The summed E-state index contributed by atoms with van der Waals surface area (Å²) < 4.78 is 3.67. The van der Waals surface area contributed by atoms with Crippen LogP contribution in [0.4, 0.5) is 0 Å². The maximum Gasteiger partial charge on any atom is 0.331 e. The lowest BCUT2D eigenvalue weighted by Crippen LogP contribution is -2.23. The van der Waals surface area contributed by atoms with E-state index in [2.05, 4.69) is 4.98 Å². The highest BCUT2D eigenvalue weighted by Crippen LogP contribution is 2.36. The number of aryl methyl sites for hydroxylation is 1. The highest BCUT2D eigenvalue weighted by molar-refractivity contribution is 7.16. The van der Waals surface area contributed by atoms with Crippen LogP contribution in [0.1, 0.15) is 25.8 Å². The van der Waals surface area contributed by atoms with E-state index in [-0.39, 0.29) is 5.69 Å². The summed E-state index contributed by atoms with van der Waals surface area (Å²) in [5, 5.41) is 0. The van der Waals surface area contributed by atoms with Gasteiger partial charge in [-0.1, -0.05) is 0 Å². The van der Waals surface area contributed by atoms with Gasteiger partial charge in [0.15, 0.2) is 5.65 Å². The molecule has 0 spiro atoms. The summed E-state index contributed by atoms with van der Waals surface area (Å²) in [7, 11) is 0. The maximum atomic E-state index is 12.0. The van der Waals surface area contributed by atoms with Gasteiger partial charge in [0.05, 0.1) is 5.51 Å². The number of rotatable bonds is 2. The normalized spacial score (nSPS) is 16.6. The first kappa shape index (κ1) is 8.23. The number of hydrogen-bond acceptors (Lipinski definition) is 3. The molecule has 1 fully saturated rings. The lowest BCUT2D eigenvalue weighted by molar-refractivity contribution is 0.658. The van der Waals surface area contributed by atoms with Crippen molar-refractivity contribution in [1.82, 2.24) is 14.1 Å². The van der Waals surface area contributed by atoms with Gasteiger partial charge in [0.25, 0.3) is 0 Å². The van der Waals surface area contributed by atoms with Crippen molar-refractivity contribution in [1.29, 1.82) is 0 Å². The Morgan fingerprint density at radius 3 is 3.07 bits per heavy atom. The summed E-state index contributed by atoms with van der Waals surface area (Å²) in [6, 6.07) is 0.417. The maximum absolute atomic E-state index is 12.0. The van der Waals surface area contributed by atoms with Crippen molar-refractivity contribution in [2.45, 2.75) is 32.4 Å². The zero-order valence-electron chi connectivity index (χ0n) is 7.93. The summed E-state index contributed by atoms with van der Waals surface area (Å²) in [6.07, 6.45) is 2.25. The fourth-order valence-electron chi connectivity index (χ4n) is 1.83. The minimum absolute atomic E-state index is 0.115. The molecule has 0 atom stereocenters. The molecule has 0 bridgehead atoms. The number of thiazole rings is 1. The van der Waals surface area contributed by atoms with E-state index < -0.39 is 0 Å². The molecule has 2 aromatic rings. The Morgan fingerprint density at radius 1 is 1.64 bits per heavy atom. The number of hydrogen-bond donors (Lipinski definition) is 0. The second-order valence-electron chi connectivity index (χ2n) is 3.61. The van der Waals surface area contributed by atoms with E-state index in [1.807, 2.05) is 21.6 Å². The van der Waals surface area contributed by atoms with Crippen LogP contribution in [0.2, 0.25) is 0 Å². The van der Waals surface area contributed by atoms with Gasteiger partial charge in [-0.05, 0) is 19.8 Å². The molecule has 3 rings (SSSR count). The van der Waals surface area contributed by atoms with E-state index in [4.69, 9.17) is 0 Å². The predicted octanol–water partition coefficient (Wildman–Crippen LogP) is 1.61. The van der Waals surface area contributed by atoms with Crippen LogP contribution >= 0.6 is 11.3 Å². The van der Waals surface area contributed by atoms with Gasteiger partial charge in [-0.2, -0.15) is 0 Å². The van der Waals surface area contributed by atoms with Gasteiger partial charge in [0.1, 0.15) is 4.83 Å². The number of imidazole rings is 1. The quantitative estimate of drug-likeness (QED) is 0.754. The molecule has 4 nitrogen and oxygen atoms in total. The Bertz CT molecular complexity index is 532. The Hall–Kier alpha value is -1.10. The smallest absolute Gasteiger partial charge is 0.282 e. The monoisotopic (exact) mass is 209 g/mol. The van der Waals surface area contributed by atoms with E-state index in [1.165, 1.54) is 0 Å². The van der Waals surface area contributed by atoms with Crippen molar-refractivity contribution in [3.05, 3.63) is 16.0 Å². The molecule has 14 heavy (non-hydrogen) atoms. The first-order valence-electron chi connectivity index (χ1n) is 4.87. The first-order valence-corrected chi connectivity index (χ1v) is 5.75. The highest BCUT2D eigenvalue weighted by Gasteiger charge is 2.29. The number of nitrogens with zero attached hydrogens (tertiary/aromatic N) is 3. The van der Waals surface area contributed by atoms with Crippen LogP contribution in [-0.4, -0.2) is 14.1 Å². The van der Waals surface area contributed by atoms with Crippen LogP contribution in [0.3, 0.4) is 0 Å². The Kier molecular flexibility index (Phi) is 1.58. The lowest BCUT2D eigenvalue weighted by atomic mass is 10.6. The molecule has 0 amide bonds. The Balaban J connectivity index is 2.40. The van der Waals surface area contributed by atoms with Crippen molar-refractivity contribution in [3.63, 3.8) is 0 Å². The third kappa shape index (κ3) is 0.930. The molecule has 1 aliphatic carbocycles. The SMILES string of the molecule is CCn1c(=O)n(C2CC2)c2ncsc21. The molecule has 0 aliphatic heterocycles. The summed E-state index contributed by atoms with van der Waals surface area (Å²) in [6.45, 7) is 2.73. The van der Waals surface area contributed by atoms with Gasteiger partial charge in [-0.25, -0.2) is 9.78 Å². The van der Waals surface area contributed by atoms with Crippen molar-refractivity contribution in [2.24, 2.45) is 0 Å². The molecule has 2 heterocycles. The third-order valence-corrected chi connectivity index (χ3v) is 3.51. The summed E-state index contributed by atoms with van der Waals surface area (Å²) in [4.78, 5) is 17.2. The largest absolute Gasteiger partial charge is 0.331 e. The molecule has 0 N–H and O–H groups in total. The zero-order chi connectivity index (χ0) is 9.71. The topological polar surface area (TPSA) is 39.8 Å². The molecule has 1 aliphatic rings. The third-order valence-electron chi connectivity index (χ3n) is 2.67. The molecular weight excluding hydrogens is 198 g/mol. The minimum Gasteiger partial charge on any atom is -0.282 e. The zero-order valence-corrected chi connectivity index (χ0v) is 8.75. The van der Waals surface area contributed by atoms with Gasteiger partial charge < -0.3 is 0 Å². The van der Waals surface area contributed by atoms with Gasteiger partial charge in [-0.3, -0.25) is 9.13 Å². The first-order chi connectivity index (χ1) is 6.83. The number of fused-ring (bicyclic) bond motifs is 1. The summed E-state index contributed by atoms with van der Waals surface area (Å²) in [5.41, 5.74) is 2.81. The van der Waals surface area contributed by atoms with Gasteiger partial charge in [0.2, 0.25) is 0 Å². The van der Waals surface area contributed by atoms with Crippen molar-refractivity contribution < 1.29 is 0 Å². The molecule has 0 aromatic carbocycles. The minimum atomic E-state index is 0.115. The molecule has 74 valence electrons. The van der Waals surface area contributed by atoms with Gasteiger partial charge >= 0.3 is 5.69 Å². The predicted molar refractivity (Wildman–Crippen MR) is 55.8 cm³/mol. The second-order valence-corrected chi connectivity index (χ2v) is 4.44. The van der Waals surface area contributed by atoms with Crippen molar-refractivity contribution in [3.8, 4) is 0 Å². The summed E-state index contributed by atoms with van der Waals surface area (Å²) in [5.74, 6) is 0. The average Bonchev–Trinajstić information content (AvgIpc) is 2.81. The van der Waals surface area contributed by atoms with Crippen LogP contribution in [0.25, 0.3) is 10.5 Å². The van der Waals surface area contributed by atoms with Crippen LogP contribution in [0.5, 0.6) is 0 Å². The standard InChI is InChI=1S/C9H11N3OS/c1-2-11-8-7(10-5-14-8)12(9(11)13)6-3-4-6/h5-6H,2-4H2,1H3. The van der Waals surface area contributed by atoms with Crippen LogP contribution in [-0.2, 0) is 6.54 Å². The van der Waals surface area contributed by atoms with Gasteiger partial charge in [0, 0.05) is 12.6 Å². The van der Waals surface area contributed by atoms with E-state index >= 15 is 0 Å². The van der Waals surface area contributed by atoms with Crippen molar-refractivity contribution >= 4 is 21.8 Å². The molecule has 0 unspecified atom stereocenters. The van der Waals surface area contributed by atoms with Crippen molar-refractivity contribution in [2.75, 3.05) is 0 Å². The average molecular weight is 209 g/mol.